The maximum Gasteiger partial charge on any atom is 0.255 e. The van der Waals surface area contributed by atoms with Crippen molar-refractivity contribution < 1.29 is 4.79 Å². The van der Waals surface area contributed by atoms with Crippen molar-refractivity contribution in [3.8, 4) is 22.6 Å². The second-order valence-electron chi connectivity index (χ2n) is 7.59. The number of rotatable bonds is 4. The summed E-state index contributed by atoms with van der Waals surface area (Å²) >= 11 is 6.00. The molecule has 6 heteroatoms. The van der Waals surface area contributed by atoms with Crippen LogP contribution in [0.25, 0.3) is 22.6 Å². The monoisotopic (exact) mass is 430 g/mol. The molecular weight excluding hydrogens is 408 g/mol. The molecule has 3 aromatic carbocycles. The first-order valence-corrected chi connectivity index (χ1v) is 10.3. The van der Waals surface area contributed by atoms with E-state index >= 15 is 0 Å². The molecule has 0 aliphatic heterocycles. The normalized spacial score (nSPS) is 10.8. The average molecular weight is 431 g/mol. The van der Waals surface area contributed by atoms with Crippen LogP contribution in [0.2, 0.25) is 5.02 Å². The molecule has 4 rings (SSSR count). The summed E-state index contributed by atoms with van der Waals surface area (Å²) in [5, 5.41) is 3.31. The molecule has 0 atom stereocenters. The van der Waals surface area contributed by atoms with Crippen LogP contribution in [0.3, 0.4) is 0 Å². The summed E-state index contributed by atoms with van der Waals surface area (Å²) in [6.45, 7) is 6.17. The van der Waals surface area contributed by atoms with E-state index in [0.29, 0.717) is 22.0 Å². The van der Waals surface area contributed by atoms with Crippen LogP contribution in [0, 0.1) is 20.8 Å². The van der Waals surface area contributed by atoms with E-state index in [2.05, 4.69) is 36.3 Å². The van der Waals surface area contributed by atoms with Gasteiger partial charge < -0.3 is 16.0 Å². The number of halogens is 1. The molecule has 0 fully saturated rings. The van der Waals surface area contributed by atoms with Gasteiger partial charge in [-0.2, -0.15) is 0 Å². The minimum atomic E-state index is -0.254. The fourth-order valence-corrected chi connectivity index (χ4v) is 3.83. The van der Waals surface area contributed by atoms with Gasteiger partial charge in [-0.1, -0.05) is 41.9 Å². The third kappa shape index (κ3) is 4.18. The van der Waals surface area contributed by atoms with Crippen LogP contribution in [0.15, 0.2) is 60.7 Å². The molecule has 0 unspecified atom stereocenters. The molecule has 0 saturated carbocycles. The van der Waals surface area contributed by atoms with Gasteiger partial charge in [0.2, 0.25) is 0 Å². The lowest BCUT2D eigenvalue weighted by molar-refractivity contribution is 0.102. The Morgan fingerprint density at radius 3 is 2.35 bits per heavy atom. The predicted octanol–water partition coefficient (Wildman–Crippen LogP) is 6.16. The minimum Gasteiger partial charge on any atom is -0.397 e. The number of aryl methyl sites for hydroxylation is 3. The smallest absolute Gasteiger partial charge is 0.255 e. The van der Waals surface area contributed by atoms with Gasteiger partial charge in [0.15, 0.2) is 0 Å². The number of carbonyl (C=O) groups excluding carboxylic acids is 1. The van der Waals surface area contributed by atoms with Crippen molar-refractivity contribution in [2.75, 3.05) is 11.1 Å². The summed E-state index contributed by atoms with van der Waals surface area (Å²) in [4.78, 5) is 20.9. The Hall–Kier alpha value is -3.57. The van der Waals surface area contributed by atoms with E-state index < -0.39 is 0 Å². The number of nitrogens with one attached hydrogen (secondary N) is 2. The van der Waals surface area contributed by atoms with Crippen LogP contribution >= 0.6 is 11.6 Å². The quantitative estimate of drug-likeness (QED) is 0.339. The van der Waals surface area contributed by atoms with Crippen molar-refractivity contribution in [1.82, 2.24) is 9.97 Å². The van der Waals surface area contributed by atoms with Gasteiger partial charge in [-0.25, -0.2) is 4.98 Å². The van der Waals surface area contributed by atoms with Gasteiger partial charge in [-0.3, -0.25) is 4.79 Å². The van der Waals surface area contributed by atoms with Crippen molar-refractivity contribution in [3.05, 3.63) is 88.1 Å². The summed E-state index contributed by atoms with van der Waals surface area (Å²) < 4.78 is 0. The van der Waals surface area contributed by atoms with Crippen molar-refractivity contribution in [2.45, 2.75) is 20.8 Å². The van der Waals surface area contributed by atoms with E-state index in [9.17, 15) is 4.79 Å². The predicted molar refractivity (Wildman–Crippen MR) is 127 cm³/mol. The molecule has 31 heavy (non-hydrogen) atoms. The summed E-state index contributed by atoms with van der Waals surface area (Å²) in [5.74, 6) is 0.594. The number of aromatic nitrogens is 2. The van der Waals surface area contributed by atoms with E-state index in [1.165, 1.54) is 11.1 Å². The molecule has 1 aromatic heterocycles. The topological polar surface area (TPSA) is 83.8 Å². The molecule has 0 aliphatic carbocycles. The van der Waals surface area contributed by atoms with Crippen LogP contribution in [-0.4, -0.2) is 15.9 Å². The van der Waals surface area contributed by atoms with Crippen molar-refractivity contribution in [2.24, 2.45) is 0 Å². The first-order valence-electron chi connectivity index (χ1n) is 9.93. The number of imidazole rings is 1. The summed E-state index contributed by atoms with van der Waals surface area (Å²) in [6.07, 6.45) is 0. The van der Waals surface area contributed by atoms with E-state index in [-0.39, 0.29) is 5.91 Å². The summed E-state index contributed by atoms with van der Waals surface area (Å²) in [6, 6.07) is 18.5. The van der Waals surface area contributed by atoms with E-state index in [1.54, 1.807) is 30.3 Å². The largest absolute Gasteiger partial charge is 0.397 e. The highest BCUT2D eigenvalue weighted by atomic mass is 35.5. The van der Waals surface area contributed by atoms with Gasteiger partial charge in [0.1, 0.15) is 5.82 Å². The van der Waals surface area contributed by atoms with Crippen molar-refractivity contribution in [1.29, 1.82) is 0 Å². The third-order valence-electron chi connectivity index (χ3n) is 5.29. The molecule has 0 bridgehead atoms. The maximum absolute atomic E-state index is 12.6. The van der Waals surface area contributed by atoms with Gasteiger partial charge in [0.05, 0.1) is 17.1 Å². The Kier molecular flexibility index (Phi) is 5.53. The van der Waals surface area contributed by atoms with E-state index in [4.69, 9.17) is 22.3 Å². The van der Waals surface area contributed by atoms with Gasteiger partial charge in [-0.05, 0) is 62.2 Å². The number of hydrogen-bond acceptors (Lipinski definition) is 3. The van der Waals surface area contributed by atoms with Crippen LogP contribution < -0.4 is 11.1 Å². The molecule has 4 N–H and O–H groups in total. The second kappa shape index (κ2) is 8.28. The number of benzene rings is 3. The number of nitrogens with zero attached hydrogens (tertiary/aromatic N) is 1. The molecule has 0 saturated heterocycles. The SMILES string of the molecule is Cc1cccc(C)c1-c1nc(-c2ccc(C(=O)Nc3cc(Cl)ccc3N)cc2)c(C)[nH]1. The van der Waals surface area contributed by atoms with Crippen molar-refractivity contribution in [3.63, 3.8) is 0 Å². The molecule has 0 radical (unpaired) electrons. The fraction of sp³-hybridized carbons (Fsp3) is 0.120. The van der Waals surface area contributed by atoms with Crippen LogP contribution in [-0.2, 0) is 0 Å². The fourth-order valence-electron chi connectivity index (χ4n) is 3.66. The zero-order valence-electron chi connectivity index (χ0n) is 17.6. The standard InChI is InChI=1S/C25H23ClN4O/c1-14-5-4-6-15(2)22(14)24-28-16(3)23(30-24)17-7-9-18(10-8-17)25(31)29-21-13-19(26)11-12-20(21)27/h4-13H,27H2,1-3H3,(H,28,30)(H,29,31). The molecule has 1 amide bonds. The Morgan fingerprint density at radius 2 is 1.68 bits per heavy atom. The third-order valence-corrected chi connectivity index (χ3v) is 5.52. The molecule has 5 nitrogen and oxygen atoms in total. The highest BCUT2D eigenvalue weighted by Gasteiger charge is 2.15. The highest BCUT2D eigenvalue weighted by molar-refractivity contribution is 6.31. The molecule has 0 aliphatic rings. The van der Waals surface area contributed by atoms with Gasteiger partial charge in [0, 0.05) is 27.4 Å². The first-order chi connectivity index (χ1) is 14.8. The van der Waals surface area contributed by atoms with Crippen LogP contribution in [0.5, 0.6) is 0 Å². The van der Waals surface area contributed by atoms with Crippen molar-refractivity contribution >= 4 is 28.9 Å². The molecule has 156 valence electrons. The zero-order chi connectivity index (χ0) is 22.1. The number of amides is 1. The van der Waals surface area contributed by atoms with E-state index in [0.717, 1.165) is 28.3 Å². The molecule has 1 heterocycles. The number of anilines is 2. The van der Waals surface area contributed by atoms with Gasteiger partial charge in [-0.15, -0.1) is 0 Å². The highest BCUT2D eigenvalue weighted by Crippen LogP contribution is 2.30. The Balaban J connectivity index is 1.59. The lowest BCUT2D eigenvalue weighted by Crippen LogP contribution is -2.13. The number of nitrogens with two attached hydrogens (primary N) is 1. The van der Waals surface area contributed by atoms with E-state index in [1.807, 2.05) is 25.1 Å². The summed E-state index contributed by atoms with van der Waals surface area (Å²) in [5.41, 5.74) is 13.6. The van der Waals surface area contributed by atoms with Crippen LogP contribution in [0.4, 0.5) is 11.4 Å². The Morgan fingerprint density at radius 1 is 1.00 bits per heavy atom. The Labute approximate surface area is 186 Å². The second-order valence-corrected chi connectivity index (χ2v) is 8.03. The zero-order valence-corrected chi connectivity index (χ0v) is 18.3. The maximum atomic E-state index is 12.6. The molecule has 4 aromatic rings. The Bertz CT molecular complexity index is 1260. The molecular formula is C25H23ClN4O. The number of carbonyl (C=O) groups is 1. The van der Waals surface area contributed by atoms with Crippen LogP contribution in [0.1, 0.15) is 27.2 Å². The lowest BCUT2D eigenvalue weighted by Gasteiger charge is -2.09. The van der Waals surface area contributed by atoms with Gasteiger partial charge >= 0.3 is 0 Å². The molecule has 0 spiro atoms. The first kappa shape index (κ1) is 20.7. The number of aromatic amines is 1. The number of hydrogen-bond donors (Lipinski definition) is 3. The van der Waals surface area contributed by atoms with Gasteiger partial charge in [0.25, 0.3) is 5.91 Å². The average Bonchev–Trinajstić information content (AvgIpc) is 3.12. The number of nitrogen functional groups attached to an aromatic ring is 1. The number of H-pyrrole nitrogens is 1. The summed E-state index contributed by atoms with van der Waals surface area (Å²) in [7, 11) is 0. The minimum absolute atomic E-state index is 0.254. The lowest BCUT2D eigenvalue weighted by atomic mass is 10.0.